The highest BCUT2D eigenvalue weighted by Gasteiger charge is 2.37. The van der Waals surface area contributed by atoms with E-state index in [2.05, 4.69) is 6.92 Å². The Balaban J connectivity index is 0.000000590. The van der Waals surface area contributed by atoms with E-state index in [4.69, 9.17) is 5.11 Å². The predicted octanol–water partition coefficient (Wildman–Crippen LogP) is 3.68. The van der Waals surface area contributed by atoms with E-state index in [-0.39, 0.29) is 18.3 Å². The summed E-state index contributed by atoms with van der Waals surface area (Å²) in [6, 6.07) is 0. The lowest BCUT2D eigenvalue weighted by molar-refractivity contribution is -0.137. The van der Waals surface area contributed by atoms with Crippen molar-refractivity contribution in [2.45, 2.75) is 90.4 Å². The third-order valence-electron chi connectivity index (χ3n) is 4.80. The predicted molar refractivity (Wildman–Crippen MR) is 105 cm³/mol. The van der Waals surface area contributed by atoms with Gasteiger partial charge in [0.15, 0.2) is 0 Å². The largest absolute Gasteiger partial charge is 0.481 e. The highest BCUT2D eigenvalue weighted by atomic mass is 16.4. The van der Waals surface area contributed by atoms with Gasteiger partial charge in [0.2, 0.25) is 0 Å². The van der Waals surface area contributed by atoms with E-state index in [9.17, 15) is 20.1 Å². The Morgan fingerprint density at radius 2 is 1.88 bits per heavy atom. The maximum absolute atomic E-state index is 9.94. The number of hydrogen-bond acceptors (Lipinski definition) is 4. The molecule has 1 rings (SSSR count). The van der Waals surface area contributed by atoms with Crippen molar-refractivity contribution in [3.05, 3.63) is 24.3 Å². The lowest BCUT2D eigenvalue weighted by atomic mass is 9.94. The normalized spacial score (nSPS) is 26.8. The first-order valence-corrected chi connectivity index (χ1v) is 9.88. The summed E-state index contributed by atoms with van der Waals surface area (Å²) in [5.74, 6) is -0.658. The van der Waals surface area contributed by atoms with Crippen molar-refractivity contribution in [2.75, 3.05) is 0 Å². The average molecular weight is 371 g/mol. The van der Waals surface area contributed by atoms with Gasteiger partial charge < -0.3 is 20.4 Å². The van der Waals surface area contributed by atoms with E-state index in [0.717, 1.165) is 38.5 Å². The Labute approximate surface area is 158 Å². The van der Waals surface area contributed by atoms with Gasteiger partial charge in [-0.3, -0.25) is 4.79 Å². The number of aliphatic hydroxyl groups is 3. The van der Waals surface area contributed by atoms with Crippen LogP contribution in [0.4, 0.5) is 0 Å². The van der Waals surface area contributed by atoms with Crippen molar-refractivity contribution in [2.24, 2.45) is 11.8 Å². The van der Waals surface area contributed by atoms with Gasteiger partial charge >= 0.3 is 5.97 Å². The van der Waals surface area contributed by atoms with Crippen molar-refractivity contribution in [3.63, 3.8) is 0 Å². The molecule has 26 heavy (non-hydrogen) atoms. The molecule has 5 unspecified atom stereocenters. The van der Waals surface area contributed by atoms with Gasteiger partial charge in [-0.1, -0.05) is 57.4 Å². The standard InChI is InChI=1S/C14H26O3.C7H12O2/c1-3-4-5-6-11(15)7-8-12-10(2)13(16)9-14(12)17;1-2-3-4-5-6-7(8)9/h7-8,10-17H,3-6,9H2,1-2H3;2-3H,4-6H2,1H3,(H,8,9). The van der Waals surface area contributed by atoms with Gasteiger partial charge in [0, 0.05) is 18.8 Å². The van der Waals surface area contributed by atoms with E-state index in [1.807, 2.05) is 32.1 Å². The molecule has 0 amide bonds. The van der Waals surface area contributed by atoms with Crippen LogP contribution < -0.4 is 0 Å². The van der Waals surface area contributed by atoms with Crippen LogP contribution in [0.1, 0.15) is 72.1 Å². The Hall–Kier alpha value is -1.17. The van der Waals surface area contributed by atoms with Crippen molar-refractivity contribution >= 4 is 5.97 Å². The fraction of sp³-hybridized carbons (Fsp3) is 0.762. The first-order chi connectivity index (χ1) is 12.3. The van der Waals surface area contributed by atoms with E-state index >= 15 is 0 Å². The number of allylic oxidation sites excluding steroid dienone is 2. The summed E-state index contributed by atoms with van der Waals surface area (Å²) in [6.45, 7) is 6.01. The van der Waals surface area contributed by atoms with Crippen molar-refractivity contribution < 1.29 is 25.2 Å². The molecule has 1 fully saturated rings. The van der Waals surface area contributed by atoms with Crippen LogP contribution in [0.2, 0.25) is 0 Å². The molecule has 4 N–H and O–H groups in total. The highest BCUT2D eigenvalue weighted by Crippen LogP contribution is 2.33. The summed E-state index contributed by atoms with van der Waals surface area (Å²) in [5.41, 5.74) is 0. The number of aliphatic hydroxyl groups excluding tert-OH is 3. The molecule has 0 radical (unpaired) electrons. The van der Waals surface area contributed by atoms with E-state index in [1.165, 1.54) is 0 Å². The lowest BCUT2D eigenvalue weighted by Crippen LogP contribution is -2.17. The van der Waals surface area contributed by atoms with Crippen molar-refractivity contribution in [1.82, 2.24) is 0 Å². The molecule has 0 aromatic carbocycles. The molecule has 152 valence electrons. The van der Waals surface area contributed by atoms with Gasteiger partial charge in [-0.15, -0.1) is 0 Å². The van der Waals surface area contributed by atoms with Crippen LogP contribution in [0.3, 0.4) is 0 Å². The molecule has 0 bridgehead atoms. The summed E-state index contributed by atoms with van der Waals surface area (Å²) in [5, 5.41) is 37.3. The minimum atomic E-state index is -0.709. The van der Waals surface area contributed by atoms with Crippen LogP contribution in [0.15, 0.2) is 24.3 Å². The molecule has 5 atom stereocenters. The molecule has 1 aliphatic carbocycles. The Bertz CT molecular complexity index is 419. The zero-order valence-electron chi connectivity index (χ0n) is 16.6. The van der Waals surface area contributed by atoms with Crippen LogP contribution >= 0.6 is 0 Å². The van der Waals surface area contributed by atoms with E-state index < -0.39 is 24.3 Å². The van der Waals surface area contributed by atoms with Gasteiger partial charge in [0.05, 0.1) is 18.3 Å². The average Bonchev–Trinajstić information content (AvgIpc) is 2.83. The molecule has 0 spiro atoms. The van der Waals surface area contributed by atoms with Crippen LogP contribution in [-0.4, -0.2) is 44.7 Å². The fourth-order valence-electron chi connectivity index (χ4n) is 3.02. The second kappa shape index (κ2) is 14.9. The minimum absolute atomic E-state index is 0.0224. The fourth-order valence-corrected chi connectivity index (χ4v) is 3.02. The van der Waals surface area contributed by atoms with Gasteiger partial charge in [0.1, 0.15) is 0 Å². The first-order valence-electron chi connectivity index (χ1n) is 9.88. The SMILES string of the molecule is CC=CCCCC(=O)O.CCCCCC(O)C=CC1C(O)CC(O)C1C. The number of hydrogen-bond donors (Lipinski definition) is 4. The Morgan fingerprint density at radius 3 is 2.38 bits per heavy atom. The van der Waals surface area contributed by atoms with Gasteiger partial charge in [-0.05, 0) is 32.1 Å². The molecular weight excluding hydrogens is 332 g/mol. The van der Waals surface area contributed by atoms with E-state index in [0.29, 0.717) is 6.42 Å². The minimum Gasteiger partial charge on any atom is -0.481 e. The smallest absolute Gasteiger partial charge is 0.303 e. The number of rotatable bonds is 10. The highest BCUT2D eigenvalue weighted by molar-refractivity contribution is 5.66. The van der Waals surface area contributed by atoms with E-state index in [1.54, 1.807) is 6.08 Å². The van der Waals surface area contributed by atoms with Crippen molar-refractivity contribution in [3.8, 4) is 0 Å². The van der Waals surface area contributed by atoms with Gasteiger partial charge in [-0.25, -0.2) is 0 Å². The third kappa shape index (κ3) is 11.4. The molecule has 0 saturated heterocycles. The number of aliphatic carboxylic acids is 1. The summed E-state index contributed by atoms with van der Waals surface area (Å²) < 4.78 is 0. The molecule has 1 aliphatic rings. The molecule has 0 aromatic heterocycles. The molecule has 1 saturated carbocycles. The van der Waals surface area contributed by atoms with Gasteiger partial charge in [0.25, 0.3) is 0 Å². The lowest BCUT2D eigenvalue weighted by Gasteiger charge is -2.16. The monoisotopic (exact) mass is 370 g/mol. The Kier molecular flexibility index (Phi) is 14.3. The number of unbranched alkanes of at least 4 members (excludes halogenated alkanes) is 3. The second-order valence-corrected chi connectivity index (χ2v) is 7.11. The summed E-state index contributed by atoms with van der Waals surface area (Å²) >= 11 is 0. The molecule has 0 aromatic rings. The molecule has 0 aliphatic heterocycles. The first kappa shape index (κ1) is 24.8. The maximum atomic E-state index is 9.94. The van der Waals surface area contributed by atoms with Crippen LogP contribution in [0, 0.1) is 11.8 Å². The quantitative estimate of drug-likeness (QED) is 0.347. The molecule has 0 heterocycles. The van der Waals surface area contributed by atoms with Gasteiger partial charge in [-0.2, -0.15) is 0 Å². The van der Waals surface area contributed by atoms with Crippen LogP contribution in [0.25, 0.3) is 0 Å². The number of carboxylic acids is 1. The van der Waals surface area contributed by atoms with Crippen LogP contribution in [-0.2, 0) is 4.79 Å². The molecule has 5 heteroatoms. The molecular formula is C21H38O5. The maximum Gasteiger partial charge on any atom is 0.303 e. The Morgan fingerprint density at radius 1 is 1.19 bits per heavy atom. The second-order valence-electron chi connectivity index (χ2n) is 7.11. The summed E-state index contributed by atoms with van der Waals surface area (Å²) in [7, 11) is 0. The number of carboxylic acid groups (broad SMARTS) is 1. The third-order valence-corrected chi connectivity index (χ3v) is 4.80. The summed E-state index contributed by atoms with van der Waals surface area (Å²) in [6.07, 6.45) is 12.7. The topological polar surface area (TPSA) is 98.0 Å². The number of carbonyl (C=O) groups is 1. The zero-order valence-corrected chi connectivity index (χ0v) is 16.6. The van der Waals surface area contributed by atoms with Crippen molar-refractivity contribution in [1.29, 1.82) is 0 Å². The summed E-state index contributed by atoms with van der Waals surface area (Å²) in [4.78, 5) is 9.94. The van der Waals surface area contributed by atoms with Crippen LogP contribution in [0.5, 0.6) is 0 Å². The molecule has 5 nitrogen and oxygen atoms in total. The zero-order chi connectivity index (χ0) is 19.9.